The molecule has 0 aliphatic carbocycles. The Morgan fingerprint density at radius 1 is 1.18 bits per heavy atom. The second-order valence-electron chi connectivity index (χ2n) is 9.32. The van der Waals surface area contributed by atoms with Gasteiger partial charge in [-0.15, -0.1) is 0 Å². The fourth-order valence-corrected chi connectivity index (χ4v) is 5.06. The lowest BCUT2D eigenvalue weighted by Crippen LogP contribution is -2.39. The highest BCUT2D eigenvalue weighted by molar-refractivity contribution is 5.95. The molecule has 33 heavy (non-hydrogen) atoms. The number of rotatable bonds is 4. The van der Waals surface area contributed by atoms with Crippen LogP contribution >= 0.6 is 0 Å². The minimum Gasteiger partial charge on any atom is -0.497 e. The van der Waals surface area contributed by atoms with E-state index in [1.165, 1.54) is 25.7 Å². The van der Waals surface area contributed by atoms with E-state index in [1.807, 2.05) is 12.3 Å². The summed E-state index contributed by atoms with van der Waals surface area (Å²) in [6, 6.07) is 6.14. The third-order valence-electron chi connectivity index (χ3n) is 6.86. The molecule has 2 saturated heterocycles. The highest BCUT2D eigenvalue weighted by Crippen LogP contribution is 2.33. The van der Waals surface area contributed by atoms with Crippen molar-refractivity contribution in [2.24, 2.45) is 5.92 Å². The maximum Gasteiger partial charge on any atom is 0.257 e. The molecular formula is C25H30FN5O2. The van der Waals surface area contributed by atoms with Gasteiger partial charge in [0.1, 0.15) is 17.4 Å². The first-order valence-electron chi connectivity index (χ1n) is 11.7. The third kappa shape index (κ3) is 4.03. The van der Waals surface area contributed by atoms with Crippen molar-refractivity contribution >= 4 is 17.4 Å². The van der Waals surface area contributed by atoms with Crippen LogP contribution in [0.3, 0.4) is 0 Å². The van der Waals surface area contributed by atoms with E-state index in [1.54, 1.807) is 15.5 Å². The van der Waals surface area contributed by atoms with Gasteiger partial charge in [0.2, 0.25) is 0 Å². The van der Waals surface area contributed by atoms with Gasteiger partial charge in [-0.3, -0.25) is 4.79 Å². The minimum absolute atomic E-state index is 0.0610. The van der Waals surface area contributed by atoms with Crippen LogP contribution in [-0.2, 0) is 0 Å². The molecule has 174 valence electrons. The molecule has 8 heteroatoms. The Labute approximate surface area is 193 Å². The van der Waals surface area contributed by atoms with Crippen LogP contribution in [0.2, 0.25) is 0 Å². The fourth-order valence-electron chi connectivity index (χ4n) is 5.06. The van der Waals surface area contributed by atoms with E-state index in [2.05, 4.69) is 18.7 Å². The molecule has 7 nitrogen and oxygen atoms in total. The summed E-state index contributed by atoms with van der Waals surface area (Å²) in [6.07, 6.45) is 5.88. The van der Waals surface area contributed by atoms with Gasteiger partial charge in [0.25, 0.3) is 5.91 Å². The van der Waals surface area contributed by atoms with E-state index in [0.29, 0.717) is 18.2 Å². The monoisotopic (exact) mass is 451 g/mol. The Balaban J connectivity index is 1.46. The van der Waals surface area contributed by atoms with Crippen LogP contribution in [-0.4, -0.2) is 52.1 Å². The Morgan fingerprint density at radius 3 is 2.76 bits per heavy atom. The largest absolute Gasteiger partial charge is 0.497 e. The maximum absolute atomic E-state index is 14.6. The smallest absolute Gasteiger partial charge is 0.257 e. The normalized spacial score (nSPS) is 21.1. The number of hydrogen-bond acceptors (Lipinski definition) is 5. The van der Waals surface area contributed by atoms with Crippen LogP contribution in [0.25, 0.3) is 5.65 Å². The second-order valence-corrected chi connectivity index (χ2v) is 9.32. The van der Waals surface area contributed by atoms with Gasteiger partial charge in [-0.1, -0.05) is 6.92 Å². The first kappa shape index (κ1) is 21.7. The molecule has 0 radical (unpaired) electrons. The van der Waals surface area contributed by atoms with Crippen molar-refractivity contribution in [3.05, 3.63) is 53.1 Å². The number of hydrogen-bond donors (Lipinski definition) is 0. The number of halogens is 1. The standard InChI is InChI=1S/C25H30FN5O2/c1-16-9-11-29(14-16)24-17(2)15-31-23(27-24)13-21(28-31)22-6-4-5-10-30(22)25(32)19-8-7-18(33-3)12-20(19)26/h7-8,12-13,15-16,22H,4-6,9-11,14H2,1-3H3/t16-,22-/m0/s1. The summed E-state index contributed by atoms with van der Waals surface area (Å²) in [5.41, 5.74) is 2.73. The first-order chi connectivity index (χ1) is 15.9. The molecule has 0 bridgehead atoms. The molecular weight excluding hydrogens is 421 g/mol. The van der Waals surface area contributed by atoms with Crippen LogP contribution < -0.4 is 9.64 Å². The number of aromatic nitrogens is 3. The van der Waals surface area contributed by atoms with Crippen molar-refractivity contribution in [1.29, 1.82) is 0 Å². The van der Waals surface area contributed by atoms with Crippen LogP contribution in [0.1, 0.15) is 60.3 Å². The van der Waals surface area contributed by atoms with Gasteiger partial charge in [-0.05, 0) is 50.7 Å². The zero-order chi connectivity index (χ0) is 23.1. The van der Waals surface area contributed by atoms with Gasteiger partial charge < -0.3 is 14.5 Å². The number of amides is 1. The van der Waals surface area contributed by atoms with Crippen molar-refractivity contribution in [1.82, 2.24) is 19.5 Å². The predicted octanol–water partition coefficient (Wildman–Crippen LogP) is 4.40. The van der Waals surface area contributed by atoms with Crippen LogP contribution in [0, 0.1) is 18.7 Å². The van der Waals surface area contributed by atoms with Crippen LogP contribution in [0.4, 0.5) is 10.2 Å². The number of benzene rings is 1. The molecule has 1 amide bonds. The first-order valence-corrected chi connectivity index (χ1v) is 11.7. The van der Waals surface area contributed by atoms with Crippen LogP contribution in [0.5, 0.6) is 5.75 Å². The molecule has 0 N–H and O–H groups in total. The summed E-state index contributed by atoms with van der Waals surface area (Å²) in [5, 5.41) is 4.78. The van der Waals surface area contributed by atoms with Crippen molar-refractivity contribution in [3.63, 3.8) is 0 Å². The Kier molecular flexibility index (Phi) is 5.68. The van der Waals surface area contributed by atoms with Crippen molar-refractivity contribution in [3.8, 4) is 5.75 Å². The fraction of sp³-hybridized carbons (Fsp3) is 0.480. The van der Waals surface area contributed by atoms with E-state index < -0.39 is 5.82 Å². The number of piperidine rings is 1. The molecule has 0 unspecified atom stereocenters. The summed E-state index contributed by atoms with van der Waals surface area (Å²) < 4.78 is 21.5. The number of carbonyl (C=O) groups is 1. The van der Waals surface area contributed by atoms with Gasteiger partial charge in [0, 0.05) is 43.5 Å². The molecule has 3 aromatic rings. The minimum atomic E-state index is -0.569. The number of methoxy groups -OCH3 is 1. The molecule has 2 atom stereocenters. The molecule has 0 saturated carbocycles. The molecule has 4 heterocycles. The lowest BCUT2D eigenvalue weighted by Gasteiger charge is -2.34. The van der Waals surface area contributed by atoms with Gasteiger partial charge in [-0.25, -0.2) is 13.9 Å². The van der Waals surface area contributed by atoms with E-state index in [0.717, 1.165) is 55.1 Å². The zero-order valence-corrected chi connectivity index (χ0v) is 19.4. The van der Waals surface area contributed by atoms with E-state index in [4.69, 9.17) is 14.8 Å². The quantitative estimate of drug-likeness (QED) is 0.588. The predicted molar refractivity (Wildman–Crippen MR) is 124 cm³/mol. The molecule has 2 aliphatic heterocycles. The number of ether oxygens (including phenoxy) is 1. The summed E-state index contributed by atoms with van der Waals surface area (Å²) in [5.74, 6) is 1.19. The van der Waals surface area contributed by atoms with Gasteiger partial charge in [0.05, 0.1) is 24.4 Å². The number of fused-ring (bicyclic) bond motifs is 1. The highest BCUT2D eigenvalue weighted by Gasteiger charge is 2.32. The number of aryl methyl sites for hydroxylation is 1. The molecule has 0 spiro atoms. The summed E-state index contributed by atoms with van der Waals surface area (Å²) >= 11 is 0. The molecule has 5 rings (SSSR count). The Hall–Kier alpha value is -3.16. The summed E-state index contributed by atoms with van der Waals surface area (Å²) in [4.78, 5) is 22.3. The molecule has 2 fully saturated rings. The van der Waals surface area contributed by atoms with Gasteiger partial charge in [0.15, 0.2) is 5.65 Å². The number of nitrogens with zero attached hydrogens (tertiary/aromatic N) is 5. The number of anilines is 1. The van der Waals surface area contributed by atoms with Gasteiger partial charge >= 0.3 is 0 Å². The van der Waals surface area contributed by atoms with E-state index >= 15 is 0 Å². The highest BCUT2D eigenvalue weighted by atomic mass is 19.1. The zero-order valence-electron chi connectivity index (χ0n) is 19.4. The lowest BCUT2D eigenvalue weighted by molar-refractivity contribution is 0.0601. The van der Waals surface area contributed by atoms with E-state index in [9.17, 15) is 9.18 Å². The molecule has 2 aromatic heterocycles. The Morgan fingerprint density at radius 2 is 2.03 bits per heavy atom. The summed E-state index contributed by atoms with van der Waals surface area (Å²) in [6.45, 7) is 6.94. The average Bonchev–Trinajstić information content (AvgIpc) is 3.43. The number of likely N-dealkylation sites (tertiary alicyclic amines) is 1. The number of carbonyl (C=O) groups excluding carboxylic acids is 1. The topological polar surface area (TPSA) is 63.0 Å². The van der Waals surface area contributed by atoms with Crippen molar-refractivity contribution < 1.29 is 13.9 Å². The lowest BCUT2D eigenvalue weighted by atomic mass is 9.98. The van der Waals surface area contributed by atoms with Crippen molar-refractivity contribution in [2.45, 2.75) is 45.6 Å². The third-order valence-corrected chi connectivity index (χ3v) is 6.86. The average molecular weight is 452 g/mol. The maximum atomic E-state index is 14.6. The SMILES string of the molecule is COc1ccc(C(=O)N2CCCC[C@H]2c2cc3nc(N4CC[C@H](C)C4)c(C)cn3n2)c(F)c1. The Bertz CT molecular complexity index is 1190. The summed E-state index contributed by atoms with van der Waals surface area (Å²) in [7, 11) is 1.48. The van der Waals surface area contributed by atoms with E-state index in [-0.39, 0.29) is 17.5 Å². The molecule has 2 aliphatic rings. The van der Waals surface area contributed by atoms with Gasteiger partial charge in [-0.2, -0.15) is 5.10 Å². The molecule has 1 aromatic carbocycles. The van der Waals surface area contributed by atoms with Crippen molar-refractivity contribution in [2.75, 3.05) is 31.6 Å². The van der Waals surface area contributed by atoms with Crippen LogP contribution in [0.15, 0.2) is 30.5 Å². The second kappa shape index (κ2) is 8.65.